The van der Waals surface area contributed by atoms with Crippen LogP contribution in [-0.2, 0) is 9.53 Å². The number of nitrogens with zero attached hydrogens (tertiary/aromatic N) is 1. The Kier molecular flexibility index (Phi) is 6.68. The quantitative estimate of drug-likeness (QED) is 0.530. The zero-order chi connectivity index (χ0) is 10.8. The Balaban J connectivity index is 0.000000255. The van der Waals surface area contributed by atoms with E-state index >= 15 is 0 Å². The van der Waals surface area contributed by atoms with Crippen molar-refractivity contribution in [3.05, 3.63) is 49.3 Å². The minimum absolute atomic E-state index is 0.394. The first-order chi connectivity index (χ1) is 6.74. The lowest BCUT2D eigenvalue weighted by atomic mass is 10.4. The molecule has 0 bridgehead atoms. The molecular weight excluding hydrogens is 178 g/mol. The molecule has 0 saturated heterocycles. The number of hydrogen-bond acceptors (Lipinski definition) is 3. The molecule has 1 rings (SSSR count). The minimum Gasteiger partial charge on any atom is -0.466 e. The van der Waals surface area contributed by atoms with E-state index in [1.165, 1.54) is 7.11 Å². The van der Waals surface area contributed by atoms with Crippen molar-refractivity contribution < 1.29 is 9.53 Å². The summed E-state index contributed by atoms with van der Waals surface area (Å²) >= 11 is 0. The summed E-state index contributed by atoms with van der Waals surface area (Å²) in [7, 11) is 1.31. The molecule has 0 aliphatic rings. The number of esters is 1. The molecule has 0 amide bonds. The topological polar surface area (TPSA) is 39.2 Å². The Morgan fingerprint density at radius 1 is 1.50 bits per heavy atom. The maximum absolute atomic E-state index is 9.84. The van der Waals surface area contributed by atoms with Crippen molar-refractivity contribution in [2.24, 2.45) is 0 Å². The second-order valence-corrected chi connectivity index (χ2v) is 2.19. The molecule has 1 heterocycles. The first-order valence-corrected chi connectivity index (χ1v) is 3.98. The van der Waals surface area contributed by atoms with Crippen LogP contribution in [0.1, 0.15) is 5.69 Å². The summed E-state index contributed by atoms with van der Waals surface area (Å²) in [5.74, 6) is -0.394. The number of hydrogen-bond donors (Lipinski definition) is 0. The van der Waals surface area contributed by atoms with Gasteiger partial charge in [0.25, 0.3) is 0 Å². The van der Waals surface area contributed by atoms with E-state index < -0.39 is 5.97 Å². The van der Waals surface area contributed by atoms with E-state index in [2.05, 4.69) is 22.9 Å². The van der Waals surface area contributed by atoms with Crippen LogP contribution in [0.25, 0.3) is 6.08 Å². The van der Waals surface area contributed by atoms with Crippen LogP contribution >= 0.6 is 0 Å². The lowest BCUT2D eigenvalue weighted by Crippen LogP contribution is -1.91. The number of rotatable bonds is 2. The maximum Gasteiger partial charge on any atom is 0.329 e. The highest BCUT2D eigenvalue weighted by Gasteiger charge is 1.81. The Hall–Kier alpha value is -1.90. The molecule has 1 aromatic rings. The van der Waals surface area contributed by atoms with Crippen LogP contribution < -0.4 is 0 Å². The summed E-state index contributed by atoms with van der Waals surface area (Å²) in [5, 5.41) is 0. The van der Waals surface area contributed by atoms with Gasteiger partial charge in [0.1, 0.15) is 0 Å². The predicted molar refractivity (Wildman–Crippen MR) is 56.5 cm³/mol. The highest BCUT2D eigenvalue weighted by atomic mass is 16.5. The largest absolute Gasteiger partial charge is 0.466 e. The van der Waals surface area contributed by atoms with Crippen LogP contribution in [-0.4, -0.2) is 18.1 Å². The van der Waals surface area contributed by atoms with Gasteiger partial charge in [-0.15, -0.1) is 0 Å². The van der Waals surface area contributed by atoms with Gasteiger partial charge in [0.15, 0.2) is 0 Å². The molecule has 0 aliphatic heterocycles. The van der Waals surface area contributed by atoms with Crippen LogP contribution in [0.3, 0.4) is 0 Å². The third kappa shape index (κ3) is 5.71. The summed E-state index contributed by atoms with van der Waals surface area (Å²) < 4.78 is 4.14. The lowest BCUT2D eigenvalue weighted by molar-refractivity contribution is -0.134. The van der Waals surface area contributed by atoms with Crippen LogP contribution in [0.2, 0.25) is 0 Å². The van der Waals surface area contributed by atoms with Crippen molar-refractivity contribution in [3.8, 4) is 0 Å². The Labute approximate surface area is 83.7 Å². The van der Waals surface area contributed by atoms with Crippen molar-refractivity contribution in [3.63, 3.8) is 0 Å². The number of aromatic nitrogens is 1. The zero-order valence-electron chi connectivity index (χ0n) is 8.14. The fraction of sp³-hybridized carbons (Fsp3) is 0.0909. The van der Waals surface area contributed by atoms with Crippen molar-refractivity contribution >= 4 is 12.0 Å². The third-order valence-corrected chi connectivity index (χ3v) is 1.26. The zero-order valence-corrected chi connectivity index (χ0v) is 8.14. The molecule has 3 heteroatoms. The molecule has 0 aliphatic carbocycles. The molecule has 0 atom stereocenters. The van der Waals surface area contributed by atoms with Crippen LogP contribution in [0.5, 0.6) is 0 Å². The molecule has 0 fully saturated rings. The molecule has 3 nitrogen and oxygen atoms in total. The Morgan fingerprint density at radius 3 is 2.43 bits per heavy atom. The Bertz CT molecular complexity index is 293. The average molecular weight is 191 g/mol. The first kappa shape index (κ1) is 12.1. The molecule has 14 heavy (non-hydrogen) atoms. The smallest absolute Gasteiger partial charge is 0.329 e. The number of pyridine rings is 1. The van der Waals surface area contributed by atoms with Crippen molar-refractivity contribution in [1.29, 1.82) is 0 Å². The van der Waals surface area contributed by atoms with Crippen LogP contribution in [0.15, 0.2) is 43.6 Å². The Morgan fingerprint density at radius 2 is 2.21 bits per heavy atom. The second kappa shape index (κ2) is 7.73. The summed E-state index contributed by atoms with van der Waals surface area (Å²) in [4.78, 5) is 13.8. The van der Waals surface area contributed by atoms with E-state index in [0.29, 0.717) is 0 Å². The molecule has 0 spiro atoms. The van der Waals surface area contributed by atoms with E-state index in [1.54, 1.807) is 12.3 Å². The number of carbonyl (C=O) groups excluding carboxylic acids is 1. The number of carbonyl (C=O) groups is 1. The van der Waals surface area contributed by atoms with Crippen molar-refractivity contribution in [1.82, 2.24) is 4.98 Å². The van der Waals surface area contributed by atoms with Crippen LogP contribution in [0, 0.1) is 0 Å². The van der Waals surface area contributed by atoms with Gasteiger partial charge in [-0.1, -0.05) is 19.2 Å². The highest BCUT2D eigenvalue weighted by Crippen LogP contribution is 1.91. The normalized spacial score (nSPS) is 7.79. The molecule has 0 N–H and O–H groups in total. The van der Waals surface area contributed by atoms with Gasteiger partial charge in [0.05, 0.1) is 12.8 Å². The van der Waals surface area contributed by atoms with Gasteiger partial charge in [-0.2, -0.15) is 0 Å². The summed E-state index contributed by atoms with van der Waals surface area (Å²) in [6.45, 7) is 6.73. The minimum atomic E-state index is -0.394. The molecule has 0 saturated carbocycles. The molecule has 0 unspecified atom stereocenters. The third-order valence-electron chi connectivity index (χ3n) is 1.26. The predicted octanol–water partition coefficient (Wildman–Crippen LogP) is 2.07. The fourth-order valence-electron chi connectivity index (χ4n) is 0.580. The van der Waals surface area contributed by atoms with Gasteiger partial charge in [0.2, 0.25) is 0 Å². The summed E-state index contributed by atoms with van der Waals surface area (Å²) in [6.07, 6.45) is 4.58. The van der Waals surface area contributed by atoms with Gasteiger partial charge in [0, 0.05) is 12.3 Å². The first-order valence-electron chi connectivity index (χ1n) is 3.98. The van der Waals surface area contributed by atoms with E-state index in [1.807, 2.05) is 18.2 Å². The lowest BCUT2D eigenvalue weighted by Gasteiger charge is -1.84. The van der Waals surface area contributed by atoms with Gasteiger partial charge in [-0.05, 0) is 18.2 Å². The second-order valence-electron chi connectivity index (χ2n) is 2.19. The van der Waals surface area contributed by atoms with Gasteiger partial charge in [-0.3, -0.25) is 4.98 Å². The fourth-order valence-corrected chi connectivity index (χ4v) is 0.580. The monoisotopic (exact) mass is 191 g/mol. The van der Waals surface area contributed by atoms with Gasteiger partial charge < -0.3 is 4.74 Å². The molecule has 0 radical (unpaired) electrons. The highest BCUT2D eigenvalue weighted by molar-refractivity contribution is 5.80. The van der Waals surface area contributed by atoms with Gasteiger partial charge >= 0.3 is 5.97 Å². The molecule has 0 aromatic carbocycles. The van der Waals surface area contributed by atoms with Gasteiger partial charge in [-0.25, -0.2) is 4.79 Å². The number of methoxy groups -OCH3 is 1. The summed E-state index contributed by atoms with van der Waals surface area (Å²) in [6, 6.07) is 5.73. The average Bonchev–Trinajstić information content (AvgIpc) is 2.30. The molecule has 74 valence electrons. The molecule has 1 aromatic heterocycles. The summed E-state index contributed by atoms with van der Waals surface area (Å²) in [5.41, 5.74) is 0.924. The van der Waals surface area contributed by atoms with Crippen molar-refractivity contribution in [2.45, 2.75) is 0 Å². The molecular formula is C11H13NO2. The van der Waals surface area contributed by atoms with Crippen LogP contribution in [0.4, 0.5) is 0 Å². The maximum atomic E-state index is 9.84. The van der Waals surface area contributed by atoms with E-state index in [9.17, 15) is 4.79 Å². The van der Waals surface area contributed by atoms with E-state index in [0.717, 1.165) is 11.8 Å². The standard InChI is InChI=1S/C7H7N.C4H6O2/c1-2-7-5-3-4-6-8-7;1-3-4(5)6-2/h2-6H,1H2;3H,1H2,2H3. The SMILES string of the molecule is C=CC(=O)OC.C=Cc1ccccn1. The van der Waals surface area contributed by atoms with E-state index in [-0.39, 0.29) is 0 Å². The van der Waals surface area contributed by atoms with Crippen molar-refractivity contribution in [2.75, 3.05) is 7.11 Å². The van der Waals surface area contributed by atoms with E-state index in [4.69, 9.17) is 0 Å². The number of ether oxygens (including phenoxy) is 1.